The van der Waals surface area contributed by atoms with Gasteiger partial charge in [0.05, 0.1) is 25.3 Å². The summed E-state index contributed by atoms with van der Waals surface area (Å²) < 4.78 is 24.1. The Kier molecular flexibility index (Phi) is 11.0. The van der Waals surface area contributed by atoms with E-state index in [9.17, 15) is 24.3 Å². The van der Waals surface area contributed by atoms with Gasteiger partial charge in [-0.05, 0) is 73.8 Å². The zero-order valence-electron chi connectivity index (χ0n) is 33.4. The zero-order chi connectivity index (χ0) is 40.2. The van der Waals surface area contributed by atoms with Gasteiger partial charge in [-0.15, -0.1) is 0 Å². The van der Waals surface area contributed by atoms with Gasteiger partial charge in [0.1, 0.15) is 53.0 Å². The monoisotopic (exact) mass is 809 g/mol. The lowest BCUT2D eigenvalue weighted by molar-refractivity contribution is -0.146. The van der Waals surface area contributed by atoms with Crippen LogP contribution in [0.2, 0.25) is 5.02 Å². The molecule has 14 nitrogen and oxygen atoms in total. The standard InChI is InChI=1S/C42H56ClN5O9/c1-5-26-21-42(26,39(51)52)46-37(49)31-19-28(22-48(31)38(50)36(41(2,3)4)45-40(53)57-27-17-24-16-25(24)18-27)56-33-20-30(23-6-7-23)44-35-29(33)8-9-32(34(35)43)55-15-12-47-10-13-54-14-11-47/h8-9,20,23-28,31,36H,5-7,10-19,21-22H2,1-4H3,(H,45,53)(H,46,49)(H,51,52)/t24-,25+,26-,27?,28-,31+,36-,42-/m1/s1. The summed E-state index contributed by atoms with van der Waals surface area (Å²) >= 11 is 7.00. The minimum absolute atomic E-state index is 0.0303. The molecule has 0 spiro atoms. The number of hydrogen-bond acceptors (Lipinski definition) is 10. The Labute approximate surface area is 338 Å². The third-order valence-corrected chi connectivity index (χ3v) is 13.3. The fraction of sp³-hybridized carbons (Fsp3) is 0.690. The number of rotatable bonds is 14. The predicted octanol–water partition coefficient (Wildman–Crippen LogP) is 5.13. The van der Waals surface area contributed by atoms with Crippen LogP contribution in [0.5, 0.6) is 11.5 Å². The number of carboxylic acid groups (broad SMARTS) is 1. The molecule has 4 aliphatic carbocycles. The summed E-state index contributed by atoms with van der Waals surface area (Å²) in [6, 6.07) is 3.53. The second-order valence-corrected chi connectivity index (χ2v) is 18.5. The number of likely N-dealkylation sites (tertiary alicyclic amines) is 1. The molecule has 3 heterocycles. The molecular weight excluding hydrogens is 754 g/mol. The van der Waals surface area contributed by atoms with Crippen LogP contribution in [0.25, 0.3) is 10.9 Å². The van der Waals surface area contributed by atoms with Crippen LogP contribution in [0, 0.1) is 23.2 Å². The van der Waals surface area contributed by atoms with Crippen molar-refractivity contribution in [1.29, 1.82) is 0 Å². The van der Waals surface area contributed by atoms with Crippen molar-refractivity contribution in [2.24, 2.45) is 23.2 Å². The molecule has 1 unspecified atom stereocenters. The van der Waals surface area contributed by atoms with Crippen LogP contribution in [-0.2, 0) is 23.9 Å². The second-order valence-electron chi connectivity index (χ2n) is 18.2. The van der Waals surface area contributed by atoms with Gasteiger partial charge in [-0.2, -0.15) is 0 Å². The highest BCUT2D eigenvalue weighted by Gasteiger charge is 2.61. The number of nitrogens with one attached hydrogen (secondary N) is 2. The molecule has 1 aromatic carbocycles. The summed E-state index contributed by atoms with van der Waals surface area (Å²) in [5, 5.41) is 16.9. The number of aromatic nitrogens is 1. The molecule has 6 aliphatic rings. The van der Waals surface area contributed by atoms with Crippen LogP contribution in [0.15, 0.2) is 18.2 Å². The van der Waals surface area contributed by atoms with E-state index in [2.05, 4.69) is 15.5 Å². The zero-order valence-corrected chi connectivity index (χ0v) is 34.1. The number of carboxylic acids is 1. The van der Waals surface area contributed by atoms with E-state index in [0.717, 1.165) is 51.0 Å². The Balaban J connectivity index is 1.04. The number of ether oxygens (including phenoxy) is 4. The van der Waals surface area contributed by atoms with Crippen LogP contribution >= 0.6 is 11.6 Å². The third kappa shape index (κ3) is 8.50. The maximum atomic E-state index is 14.7. The first-order valence-electron chi connectivity index (χ1n) is 20.8. The summed E-state index contributed by atoms with van der Waals surface area (Å²) in [5.74, 6) is 0.230. The van der Waals surface area contributed by atoms with Crippen molar-refractivity contribution in [1.82, 2.24) is 25.4 Å². The van der Waals surface area contributed by atoms with E-state index in [1.54, 1.807) is 0 Å². The minimum Gasteiger partial charge on any atom is -0.491 e. The normalized spacial score (nSPS) is 30.0. The molecule has 310 valence electrons. The Hall–Kier alpha value is -3.88. The average Bonchev–Trinajstić information content (AvgIpc) is 4.14. The summed E-state index contributed by atoms with van der Waals surface area (Å²) in [6.45, 7) is 11.8. The van der Waals surface area contributed by atoms with Gasteiger partial charge in [0, 0.05) is 49.1 Å². The number of morpholine rings is 1. The molecule has 3 N–H and O–H groups in total. The van der Waals surface area contributed by atoms with Gasteiger partial charge < -0.3 is 39.6 Å². The molecule has 4 saturated carbocycles. The number of carbonyl (C=O) groups excluding carboxylic acids is 3. The second kappa shape index (κ2) is 15.7. The fourth-order valence-corrected chi connectivity index (χ4v) is 9.42. The van der Waals surface area contributed by atoms with Crippen LogP contribution in [-0.4, -0.2) is 120 Å². The number of aliphatic carboxylic acids is 1. The van der Waals surface area contributed by atoms with E-state index in [1.807, 2.05) is 45.9 Å². The lowest BCUT2D eigenvalue weighted by atomic mass is 9.85. The Morgan fingerprint density at radius 1 is 1.05 bits per heavy atom. The summed E-state index contributed by atoms with van der Waals surface area (Å²) in [7, 11) is 0. The topological polar surface area (TPSA) is 169 Å². The maximum absolute atomic E-state index is 14.7. The molecule has 2 aromatic rings. The first-order valence-corrected chi connectivity index (χ1v) is 21.2. The molecular formula is C42H56ClN5O9. The van der Waals surface area contributed by atoms with E-state index in [4.69, 9.17) is 35.5 Å². The highest BCUT2D eigenvalue weighted by atomic mass is 35.5. The number of fused-ring (bicyclic) bond motifs is 2. The molecule has 0 bridgehead atoms. The summed E-state index contributed by atoms with van der Waals surface area (Å²) in [6.07, 6.45) is 4.38. The smallest absolute Gasteiger partial charge is 0.408 e. The molecule has 6 fully saturated rings. The molecule has 3 amide bonds. The third-order valence-electron chi connectivity index (χ3n) is 12.9. The van der Waals surface area contributed by atoms with Crippen molar-refractivity contribution in [3.63, 3.8) is 0 Å². The van der Waals surface area contributed by atoms with Gasteiger partial charge in [-0.25, -0.2) is 9.59 Å². The SMILES string of the molecule is CC[C@@H]1C[C@]1(NC(=O)[C@@H]1C[C@@H](Oc2cc(C3CC3)nc3c(Cl)c(OCCN4CCOCC4)ccc23)CN1C(=O)[C@@H](NC(=O)OC1C[C@@H]2C[C@@H]2C1)C(C)(C)C)C(=O)O. The first-order chi connectivity index (χ1) is 27.2. The lowest BCUT2D eigenvalue weighted by Gasteiger charge is -2.35. The maximum Gasteiger partial charge on any atom is 0.408 e. The van der Waals surface area contributed by atoms with E-state index < -0.39 is 53.0 Å². The number of pyridine rings is 1. The number of nitrogens with zero attached hydrogens (tertiary/aromatic N) is 3. The van der Waals surface area contributed by atoms with Crippen molar-refractivity contribution in [2.75, 3.05) is 46.0 Å². The van der Waals surface area contributed by atoms with Crippen LogP contribution < -0.4 is 20.1 Å². The highest BCUT2D eigenvalue weighted by molar-refractivity contribution is 6.36. The minimum atomic E-state index is -1.38. The Morgan fingerprint density at radius 2 is 1.79 bits per heavy atom. The van der Waals surface area contributed by atoms with E-state index >= 15 is 0 Å². The van der Waals surface area contributed by atoms with Crippen molar-refractivity contribution in [3.8, 4) is 11.5 Å². The number of carbonyl (C=O) groups is 4. The molecule has 2 aliphatic heterocycles. The van der Waals surface area contributed by atoms with Gasteiger partial charge in [0.15, 0.2) is 0 Å². The van der Waals surface area contributed by atoms with E-state index in [0.29, 0.717) is 71.9 Å². The van der Waals surface area contributed by atoms with Crippen molar-refractivity contribution in [3.05, 3.63) is 28.9 Å². The van der Waals surface area contributed by atoms with Gasteiger partial charge in [0.25, 0.3) is 0 Å². The molecule has 8 atom stereocenters. The number of amides is 3. The predicted molar refractivity (Wildman–Crippen MR) is 210 cm³/mol. The van der Waals surface area contributed by atoms with Gasteiger partial charge in [0.2, 0.25) is 11.8 Å². The molecule has 57 heavy (non-hydrogen) atoms. The van der Waals surface area contributed by atoms with Crippen molar-refractivity contribution in [2.45, 2.75) is 115 Å². The fourth-order valence-electron chi connectivity index (χ4n) is 9.16. The van der Waals surface area contributed by atoms with Gasteiger partial charge in [-0.3, -0.25) is 19.5 Å². The van der Waals surface area contributed by atoms with Gasteiger partial charge >= 0.3 is 12.1 Å². The van der Waals surface area contributed by atoms with Gasteiger partial charge in [-0.1, -0.05) is 45.7 Å². The van der Waals surface area contributed by atoms with Crippen LogP contribution in [0.4, 0.5) is 4.79 Å². The van der Waals surface area contributed by atoms with E-state index in [-0.39, 0.29) is 30.9 Å². The number of alkyl carbamates (subject to hydrolysis) is 1. The highest BCUT2D eigenvalue weighted by Crippen LogP contribution is 2.52. The Morgan fingerprint density at radius 3 is 2.44 bits per heavy atom. The molecule has 0 radical (unpaired) electrons. The largest absolute Gasteiger partial charge is 0.491 e. The number of halogens is 1. The molecule has 1 aromatic heterocycles. The summed E-state index contributed by atoms with van der Waals surface area (Å²) in [5.41, 5.74) is -0.730. The van der Waals surface area contributed by atoms with Crippen molar-refractivity contribution < 1.29 is 43.2 Å². The van der Waals surface area contributed by atoms with Crippen LogP contribution in [0.3, 0.4) is 0 Å². The van der Waals surface area contributed by atoms with Crippen molar-refractivity contribution >= 4 is 46.4 Å². The van der Waals surface area contributed by atoms with E-state index in [1.165, 1.54) is 11.3 Å². The molecule has 8 rings (SSSR count). The lowest BCUT2D eigenvalue weighted by Crippen LogP contribution is -2.59. The quantitative estimate of drug-likeness (QED) is 0.231. The first kappa shape index (κ1) is 39.9. The Bertz CT molecular complexity index is 1890. The number of benzene rings is 1. The summed E-state index contributed by atoms with van der Waals surface area (Å²) in [4.78, 5) is 63.2. The number of hydrogen-bond donors (Lipinski definition) is 3. The average molecular weight is 810 g/mol. The molecule has 15 heteroatoms. The molecule has 2 saturated heterocycles. The van der Waals surface area contributed by atoms with Crippen LogP contribution in [0.1, 0.15) is 90.7 Å².